The van der Waals surface area contributed by atoms with Gasteiger partial charge in [-0.2, -0.15) is 0 Å². The van der Waals surface area contributed by atoms with Crippen molar-refractivity contribution in [3.05, 3.63) is 75.3 Å². The summed E-state index contributed by atoms with van der Waals surface area (Å²) in [6.45, 7) is 4.37. The summed E-state index contributed by atoms with van der Waals surface area (Å²) in [7, 11) is -2.21. The average molecular weight is 834 g/mol. The molecule has 0 saturated heterocycles. The van der Waals surface area contributed by atoms with E-state index in [4.69, 9.17) is 37.4 Å². The monoisotopic (exact) mass is 832 g/mol. The molecule has 3 aliphatic rings. The molecule has 2 N–H and O–H groups in total. The number of hydrogen-bond donors (Lipinski definition) is 2. The number of likely N-dealkylation sites (N-methyl/N-ethyl adjacent to an activating group) is 1. The van der Waals surface area contributed by atoms with Crippen molar-refractivity contribution in [2.24, 2.45) is 11.3 Å². The number of aliphatic hydroxyl groups is 1. The van der Waals surface area contributed by atoms with Crippen LogP contribution in [-0.4, -0.2) is 69.2 Å². The van der Waals surface area contributed by atoms with E-state index in [0.717, 1.165) is 98.6 Å². The molecule has 3 aliphatic carbocycles. The first-order valence-corrected chi connectivity index (χ1v) is 22.5. The summed E-state index contributed by atoms with van der Waals surface area (Å²) in [5.41, 5.74) is 5.24. The number of nitrogens with zero attached hydrogens (tertiary/aromatic N) is 1. The Kier molecular flexibility index (Phi) is 13.8. The Bertz CT molecular complexity index is 1970. The van der Waals surface area contributed by atoms with Gasteiger partial charge < -0.3 is 19.3 Å². The Hall–Kier alpha value is -3.09. The highest BCUT2D eigenvalue weighted by Gasteiger charge is 2.52. The van der Waals surface area contributed by atoms with E-state index in [-0.39, 0.29) is 12.6 Å². The van der Waals surface area contributed by atoms with Crippen molar-refractivity contribution in [1.82, 2.24) is 9.62 Å². The third-order valence-electron chi connectivity index (χ3n) is 11.8. The van der Waals surface area contributed by atoms with Crippen molar-refractivity contribution in [2.45, 2.75) is 115 Å². The Balaban J connectivity index is 1.12. The van der Waals surface area contributed by atoms with Gasteiger partial charge in [0.05, 0.1) is 35.6 Å². The molecule has 1 spiro atoms. The number of nitrogens with one attached hydrogen (secondary N) is 1. The van der Waals surface area contributed by atoms with Crippen molar-refractivity contribution >= 4 is 39.1 Å². The molecular weight excluding hydrogens is 778 g/mol. The zero-order valence-corrected chi connectivity index (χ0v) is 35.1. The van der Waals surface area contributed by atoms with Crippen molar-refractivity contribution < 1.29 is 36.9 Å². The molecular formula is C43H55Cl2FN2O7S. The van der Waals surface area contributed by atoms with Crippen LogP contribution < -0.4 is 18.9 Å². The average Bonchev–Trinajstić information content (AvgIpc) is 3.64. The lowest BCUT2D eigenvalue weighted by molar-refractivity contribution is -0.127. The molecule has 2 saturated carbocycles. The molecule has 1 amide bonds. The van der Waals surface area contributed by atoms with Gasteiger partial charge in [-0.25, -0.2) is 12.8 Å². The minimum atomic E-state index is -3.82. The maximum atomic E-state index is 13.8. The van der Waals surface area contributed by atoms with E-state index in [2.05, 4.69) is 12.1 Å². The van der Waals surface area contributed by atoms with Gasteiger partial charge in [-0.05, 0) is 119 Å². The van der Waals surface area contributed by atoms with Crippen LogP contribution in [0, 0.1) is 11.3 Å². The van der Waals surface area contributed by atoms with Crippen molar-refractivity contribution in [1.29, 1.82) is 0 Å². The number of aliphatic hydroxyl groups excluding tert-OH is 1. The van der Waals surface area contributed by atoms with Crippen LogP contribution in [0.15, 0.2) is 48.5 Å². The van der Waals surface area contributed by atoms with E-state index in [1.807, 2.05) is 35.9 Å². The van der Waals surface area contributed by atoms with Gasteiger partial charge in [-0.1, -0.05) is 66.4 Å². The molecule has 2 fully saturated rings. The molecule has 6 rings (SSSR count). The molecule has 0 heterocycles. The van der Waals surface area contributed by atoms with E-state index in [1.54, 1.807) is 24.1 Å². The fourth-order valence-corrected chi connectivity index (χ4v) is 10.0. The Morgan fingerprint density at radius 3 is 2.45 bits per heavy atom. The second-order valence-electron chi connectivity index (χ2n) is 15.9. The van der Waals surface area contributed by atoms with Gasteiger partial charge in [0.25, 0.3) is 5.91 Å². The minimum Gasteiger partial charge on any atom is -0.493 e. The third-order valence-corrected chi connectivity index (χ3v) is 13.0. The predicted octanol–water partition coefficient (Wildman–Crippen LogP) is 9.24. The van der Waals surface area contributed by atoms with E-state index < -0.39 is 34.2 Å². The van der Waals surface area contributed by atoms with Crippen molar-refractivity contribution in [3.8, 4) is 28.4 Å². The van der Waals surface area contributed by atoms with Crippen LogP contribution in [0.1, 0.15) is 101 Å². The SMILES string of the molecule is CCOc1cc(O[C@H]2CCc3c(-c4cccc(OCCCC5CC56CCCC(F)CCC6)c4Cl)cccc32)c(Cl)cc1CN(C)[C@H](C(=O)NS(C)(=O)=O)[C@@H](C)O. The number of fused-ring (bicyclic) bond motifs is 1. The second-order valence-corrected chi connectivity index (χ2v) is 18.5. The first-order chi connectivity index (χ1) is 26.7. The molecule has 306 valence electrons. The van der Waals surface area contributed by atoms with Crippen LogP contribution in [0.4, 0.5) is 4.39 Å². The van der Waals surface area contributed by atoms with Gasteiger partial charge in [-0.15, -0.1) is 0 Å². The lowest BCUT2D eigenvalue weighted by Gasteiger charge is -2.29. The minimum absolute atomic E-state index is 0.130. The van der Waals surface area contributed by atoms with Gasteiger partial charge >= 0.3 is 0 Å². The summed E-state index contributed by atoms with van der Waals surface area (Å²) in [5, 5.41) is 11.3. The summed E-state index contributed by atoms with van der Waals surface area (Å²) >= 11 is 13.9. The fraction of sp³-hybridized carbons (Fsp3) is 0.558. The number of alkyl halides is 1. The number of carbonyl (C=O) groups is 1. The summed E-state index contributed by atoms with van der Waals surface area (Å²) in [5.74, 6) is 1.51. The van der Waals surface area contributed by atoms with Gasteiger partial charge in [0.15, 0.2) is 0 Å². The number of ether oxygens (including phenoxy) is 3. The summed E-state index contributed by atoms with van der Waals surface area (Å²) in [4.78, 5) is 14.3. The van der Waals surface area contributed by atoms with Gasteiger partial charge in [0.2, 0.25) is 10.0 Å². The molecule has 56 heavy (non-hydrogen) atoms. The third kappa shape index (κ3) is 10.1. The maximum Gasteiger partial charge on any atom is 0.253 e. The maximum absolute atomic E-state index is 13.8. The summed E-state index contributed by atoms with van der Waals surface area (Å²) < 4.78 is 58.1. The van der Waals surface area contributed by atoms with Gasteiger partial charge in [0.1, 0.15) is 35.6 Å². The molecule has 9 nitrogen and oxygen atoms in total. The summed E-state index contributed by atoms with van der Waals surface area (Å²) in [6, 6.07) is 14.4. The molecule has 3 aromatic carbocycles. The van der Waals surface area contributed by atoms with E-state index in [1.165, 1.54) is 13.3 Å². The Morgan fingerprint density at radius 2 is 1.75 bits per heavy atom. The van der Waals surface area contributed by atoms with Crippen LogP contribution in [0.3, 0.4) is 0 Å². The van der Waals surface area contributed by atoms with Crippen molar-refractivity contribution in [2.75, 3.05) is 26.5 Å². The molecule has 0 radical (unpaired) electrons. The van der Waals surface area contributed by atoms with Crippen LogP contribution in [0.25, 0.3) is 11.1 Å². The largest absolute Gasteiger partial charge is 0.493 e. The number of benzene rings is 3. The number of halogens is 3. The molecule has 13 heteroatoms. The van der Waals surface area contributed by atoms with Crippen molar-refractivity contribution in [3.63, 3.8) is 0 Å². The first kappa shape index (κ1) is 42.5. The normalized spacial score (nSPS) is 23.2. The highest BCUT2D eigenvalue weighted by molar-refractivity contribution is 7.89. The molecule has 0 bridgehead atoms. The van der Waals surface area contributed by atoms with Gasteiger partial charge in [-0.3, -0.25) is 14.4 Å². The van der Waals surface area contributed by atoms with Crippen LogP contribution in [-0.2, 0) is 27.8 Å². The lowest BCUT2D eigenvalue weighted by atomic mass is 9.85. The number of carbonyl (C=O) groups excluding carboxylic acids is 1. The first-order valence-electron chi connectivity index (χ1n) is 19.9. The molecule has 4 atom stereocenters. The van der Waals surface area contributed by atoms with E-state index in [9.17, 15) is 22.7 Å². The quantitative estimate of drug-likeness (QED) is 0.137. The van der Waals surface area contributed by atoms with Gasteiger partial charge in [0, 0.05) is 23.7 Å². The second kappa shape index (κ2) is 18.2. The number of rotatable bonds is 16. The molecule has 0 aromatic heterocycles. The number of amides is 1. The Morgan fingerprint density at radius 1 is 1.04 bits per heavy atom. The fourth-order valence-electron chi connectivity index (χ4n) is 9.04. The smallest absolute Gasteiger partial charge is 0.253 e. The van der Waals surface area contributed by atoms with E-state index in [0.29, 0.717) is 51.5 Å². The standard InChI is InChI=1S/C43H55Cl2FN2O7S/c1-5-53-38-24-39(35(44)23-28(38)26-48(3)41(27(2)49)42(50)47-56(4,51)52)55-36-19-18-32-31(14-6-15-33(32)36)34-16-7-17-37(40(34)45)54-22-10-11-29-25-43(29)20-8-12-30(46)13-9-21-43/h6-7,14-17,23-24,27,29-30,36,41,49H,5,8-13,18-22,25-26H2,1-4H3,(H,47,50)/t27-,29?,30?,36+,41+,43?/m1/s1. The van der Waals surface area contributed by atoms with E-state index >= 15 is 0 Å². The van der Waals surface area contributed by atoms with Crippen LogP contribution in [0.5, 0.6) is 17.2 Å². The Labute approximate surface area is 341 Å². The molecule has 0 aliphatic heterocycles. The zero-order valence-electron chi connectivity index (χ0n) is 32.8. The number of hydrogen-bond acceptors (Lipinski definition) is 8. The number of sulfonamides is 1. The van der Waals surface area contributed by atoms with Crippen LogP contribution in [0.2, 0.25) is 10.0 Å². The highest BCUT2D eigenvalue weighted by Crippen LogP contribution is 2.62. The highest BCUT2D eigenvalue weighted by atomic mass is 35.5. The predicted molar refractivity (Wildman–Crippen MR) is 219 cm³/mol. The molecule has 3 aromatic rings. The topological polar surface area (TPSA) is 114 Å². The lowest BCUT2D eigenvalue weighted by Crippen LogP contribution is -2.51. The van der Waals surface area contributed by atoms with Crippen LogP contribution >= 0.6 is 23.2 Å². The zero-order chi connectivity index (χ0) is 40.2. The summed E-state index contributed by atoms with van der Waals surface area (Å²) in [6.07, 6.45) is 9.51. The molecule has 1 unspecified atom stereocenters.